The molecular weight excluding hydrogens is 331 g/mol. The van der Waals surface area contributed by atoms with Gasteiger partial charge in [0.05, 0.1) is 12.5 Å². The van der Waals surface area contributed by atoms with Gasteiger partial charge in [0.2, 0.25) is 11.8 Å². The standard InChI is InChI=1S/C21H29FN2O2/c1-3-23(16(2)25)19-14-21(11-5-4-6-12-21)24(15-19)20(26)13-17-7-9-18(22)10-8-17/h7-10,19H,3-6,11-15H2,1-2H3. The molecule has 1 saturated carbocycles. The van der Waals surface area contributed by atoms with Gasteiger partial charge in [0.15, 0.2) is 0 Å². The van der Waals surface area contributed by atoms with Gasteiger partial charge in [0.1, 0.15) is 5.82 Å². The SMILES string of the molecule is CCN(C(C)=O)C1CN(C(=O)Cc2ccc(F)cc2)C2(CCCCC2)C1. The van der Waals surface area contributed by atoms with Crippen molar-refractivity contribution in [3.8, 4) is 0 Å². The molecular formula is C21H29FN2O2. The Kier molecular flexibility index (Phi) is 5.64. The predicted molar refractivity (Wildman–Crippen MR) is 99.1 cm³/mol. The van der Waals surface area contributed by atoms with Crippen LogP contribution in [0.25, 0.3) is 0 Å². The Morgan fingerprint density at radius 2 is 1.85 bits per heavy atom. The molecule has 142 valence electrons. The number of nitrogens with zero attached hydrogens (tertiary/aromatic N) is 2. The number of likely N-dealkylation sites (tertiary alicyclic amines) is 1. The van der Waals surface area contributed by atoms with Crippen LogP contribution in [0.15, 0.2) is 24.3 Å². The Morgan fingerprint density at radius 1 is 1.19 bits per heavy atom. The number of carbonyl (C=O) groups excluding carboxylic acids is 2. The maximum Gasteiger partial charge on any atom is 0.227 e. The van der Waals surface area contributed by atoms with Crippen molar-refractivity contribution in [2.75, 3.05) is 13.1 Å². The Labute approximate surface area is 155 Å². The summed E-state index contributed by atoms with van der Waals surface area (Å²) in [4.78, 5) is 29.1. The second kappa shape index (κ2) is 7.77. The molecule has 26 heavy (non-hydrogen) atoms. The minimum Gasteiger partial charge on any atom is -0.338 e. The highest BCUT2D eigenvalue weighted by molar-refractivity contribution is 5.80. The van der Waals surface area contributed by atoms with Gasteiger partial charge in [-0.2, -0.15) is 0 Å². The molecule has 0 radical (unpaired) electrons. The fourth-order valence-corrected chi connectivity index (χ4v) is 4.89. The van der Waals surface area contributed by atoms with E-state index in [2.05, 4.69) is 0 Å². The van der Waals surface area contributed by atoms with Crippen LogP contribution in [0.1, 0.15) is 57.9 Å². The molecule has 1 aliphatic carbocycles. The van der Waals surface area contributed by atoms with Crippen molar-refractivity contribution in [2.45, 2.75) is 70.4 Å². The van der Waals surface area contributed by atoms with Crippen LogP contribution in [0.3, 0.4) is 0 Å². The van der Waals surface area contributed by atoms with E-state index < -0.39 is 0 Å². The lowest BCUT2D eigenvalue weighted by Gasteiger charge is -2.41. The number of benzene rings is 1. The summed E-state index contributed by atoms with van der Waals surface area (Å²) in [6.07, 6.45) is 6.72. The van der Waals surface area contributed by atoms with Crippen molar-refractivity contribution < 1.29 is 14.0 Å². The molecule has 3 rings (SSSR count). The highest BCUT2D eigenvalue weighted by atomic mass is 19.1. The van der Waals surface area contributed by atoms with Gasteiger partial charge in [-0.05, 0) is 43.9 Å². The molecule has 1 atom stereocenters. The summed E-state index contributed by atoms with van der Waals surface area (Å²) in [5, 5.41) is 0. The highest BCUT2D eigenvalue weighted by Gasteiger charge is 2.49. The summed E-state index contributed by atoms with van der Waals surface area (Å²) in [6.45, 7) is 4.90. The highest BCUT2D eigenvalue weighted by Crippen LogP contribution is 2.43. The molecule has 0 bridgehead atoms. The van der Waals surface area contributed by atoms with E-state index >= 15 is 0 Å². The quantitative estimate of drug-likeness (QED) is 0.824. The first kappa shape index (κ1) is 18.9. The number of carbonyl (C=O) groups is 2. The summed E-state index contributed by atoms with van der Waals surface area (Å²) in [5.41, 5.74) is 0.729. The van der Waals surface area contributed by atoms with Gasteiger partial charge in [-0.1, -0.05) is 31.4 Å². The van der Waals surface area contributed by atoms with Crippen molar-refractivity contribution in [1.82, 2.24) is 9.80 Å². The van der Waals surface area contributed by atoms with Crippen molar-refractivity contribution >= 4 is 11.8 Å². The molecule has 2 aliphatic rings. The van der Waals surface area contributed by atoms with E-state index in [1.165, 1.54) is 18.6 Å². The maximum atomic E-state index is 13.1. The lowest BCUT2D eigenvalue weighted by Crippen LogP contribution is -2.49. The van der Waals surface area contributed by atoms with E-state index in [0.717, 1.165) is 37.7 Å². The van der Waals surface area contributed by atoms with E-state index in [4.69, 9.17) is 0 Å². The Hall–Kier alpha value is -1.91. The Morgan fingerprint density at radius 3 is 2.42 bits per heavy atom. The zero-order chi connectivity index (χ0) is 18.7. The van der Waals surface area contributed by atoms with Gasteiger partial charge >= 0.3 is 0 Å². The molecule has 0 N–H and O–H groups in total. The third-order valence-electron chi connectivity index (χ3n) is 6.12. The van der Waals surface area contributed by atoms with Crippen LogP contribution in [0.2, 0.25) is 0 Å². The third kappa shape index (κ3) is 3.76. The molecule has 1 spiro atoms. The first-order valence-electron chi connectivity index (χ1n) is 9.77. The average Bonchev–Trinajstić information content (AvgIpc) is 2.96. The fourth-order valence-electron chi connectivity index (χ4n) is 4.89. The average molecular weight is 360 g/mol. The van der Waals surface area contributed by atoms with Gasteiger partial charge in [-0.25, -0.2) is 4.39 Å². The molecule has 1 unspecified atom stereocenters. The van der Waals surface area contributed by atoms with Crippen LogP contribution in [0.4, 0.5) is 4.39 Å². The molecule has 5 heteroatoms. The first-order valence-corrected chi connectivity index (χ1v) is 9.77. The number of hydrogen-bond donors (Lipinski definition) is 0. The summed E-state index contributed by atoms with van der Waals surface area (Å²) in [6, 6.07) is 6.28. The number of rotatable bonds is 4. The maximum absolute atomic E-state index is 13.1. The van der Waals surface area contributed by atoms with E-state index in [-0.39, 0.29) is 29.2 Å². The number of hydrogen-bond acceptors (Lipinski definition) is 2. The topological polar surface area (TPSA) is 40.6 Å². The van der Waals surface area contributed by atoms with Gasteiger partial charge in [-0.15, -0.1) is 0 Å². The Bertz CT molecular complexity index is 652. The van der Waals surface area contributed by atoms with Gasteiger partial charge in [-0.3, -0.25) is 9.59 Å². The zero-order valence-electron chi connectivity index (χ0n) is 15.8. The van der Waals surface area contributed by atoms with E-state index in [0.29, 0.717) is 19.5 Å². The normalized spacial score (nSPS) is 21.8. The monoisotopic (exact) mass is 360 g/mol. The summed E-state index contributed by atoms with van der Waals surface area (Å²) < 4.78 is 13.1. The summed E-state index contributed by atoms with van der Waals surface area (Å²) in [7, 11) is 0. The lowest BCUT2D eigenvalue weighted by molar-refractivity contribution is -0.136. The fraction of sp³-hybridized carbons (Fsp3) is 0.619. The van der Waals surface area contributed by atoms with Gasteiger partial charge in [0, 0.05) is 25.6 Å². The Balaban J connectivity index is 1.80. The van der Waals surface area contributed by atoms with Gasteiger partial charge < -0.3 is 9.80 Å². The van der Waals surface area contributed by atoms with Crippen LogP contribution in [0, 0.1) is 5.82 Å². The molecule has 2 fully saturated rings. The predicted octanol–water partition coefficient (Wildman–Crippen LogP) is 3.54. The van der Waals surface area contributed by atoms with Gasteiger partial charge in [0.25, 0.3) is 0 Å². The number of likely N-dealkylation sites (N-methyl/N-ethyl adjacent to an activating group) is 1. The molecule has 1 aliphatic heterocycles. The number of halogens is 1. The largest absolute Gasteiger partial charge is 0.338 e. The van der Waals surface area contributed by atoms with Crippen molar-refractivity contribution in [3.05, 3.63) is 35.6 Å². The van der Waals surface area contributed by atoms with Crippen LogP contribution in [0.5, 0.6) is 0 Å². The molecule has 1 heterocycles. The second-order valence-corrected chi connectivity index (χ2v) is 7.76. The van der Waals surface area contributed by atoms with Crippen molar-refractivity contribution in [1.29, 1.82) is 0 Å². The van der Waals surface area contributed by atoms with Crippen LogP contribution < -0.4 is 0 Å². The van der Waals surface area contributed by atoms with E-state index in [9.17, 15) is 14.0 Å². The molecule has 2 amide bonds. The van der Waals surface area contributed by atoms with E-state index in [1.807, 2.05) is 16.7 Å². The van der Waals surface area contributed by atoms with Crippen LogP contribution >= 0.6 is 0 Å². The van der Waals surface area contributed by atoms with Crippen molar-refractivity contribution in [2.24, 2.45) is 0 Å². The molecule has 1 saturated heterocycles. The van der Waals surface area contributed by atoms with E-state index in [1.54, 1.807) is 19.1 Å². The first-order chi connectivity index (χ1) is 12.4. The second-order valence-electron chi connectivity index (χ2n) is 7.76. The zero-order valence-corrected chi connectivity index (χ0v) is 15.8. The minimum absolute atomic E-state index is 0.0799. The molecule has 1 aromatic rings. The summed E-state index contributed by atoms with van der Waals surface area (Å²) in [5.74, 6) is -0.108. The minimum atomic E-state index is -0.286. The smallest absolute Gasteiger partial charge is 0.227 e. The molecule has 1 aromatic carbocycles. The molecule has 0 aromatic heterocycles. The lowest BCUT2D eigenvalue weighted by atomic mass is 9.79. The third-order valence-corrected chi connectivity index (χ3v) is 6.12. The van der Waals surface area contributed by atoms with Crippen LogP contribution in [-0.2, 0) is 16.0 Å². The number of amides is 2. The molecule has 4 nitrogen and oxygen atoms in total. The van der Waals surface area contributed by atoms with Crippen molar-refractivity contribution in [3.63, 3.8) is 0 Å². The summed E-state index contributed by atoms with van der Waals surface area (Å²) >= 11 is 0. The van der Waals surface area contributed by atoms with Crippen LogP contribution in [-0.4, -0.2) is 46.3 Å².